The van der Waals surface area contributed by atoms with Gasteiger partial charge in [-0.15, -0.1) is 0 Å². The van der Waals surface area contributed by atoms with Crippen molar-refractivity contribution in [3.63, 3.8) is 0 Å². The first-order valence-electron chi connectivity index (χ1n) is 10.6. The Kier molecular flexibility index (Phi) is 6.19. The summed E-state index contributed by atoms with van der Waals surface area (Å²) in [5.74, 6) is -1.12. The molecule has 10 heteroatoms. The number of carbonyl (C=O) groups excluding carboxylic acids is 1. The second-order valence-corrected chi connectivity index (χ2v) is 8.17. The van der Waals surface area contributed by atoms with E-state index in [1.807, 2.05) is 6.07 Å². The number of aromatic nitrogens is 1. The minimum atomic E-state index is -0.647. The van der Waals surface area contributed by atoms with Crippen LogP contribution in [0.2, 0.25) is 0 Å². The number of ether oxygens (including phenoxy) is 1. The van der Waals surface area contributed by atoms with E-state index in [1.54, 1.807) is 19.2 Å². The molecule has 4 rings (SSSR count). The van der Waals surface area contributed by atoms with Crippen LogP contribution in [0.3, 0.4) is 0 Å². The highest BCUT2D eigenvalue weighted by atomic mass is 19.1. The lowest BCUT2D eigenvalue weighted by Crippen LogP contribution is -2.54. The lowest BCUT2D eigenvalue weighted by Gasteiger charge is -2.37. The number of hydrogen-bond donors (Lipinski definition) is 3. The van der Waals surface area contributed by atoms with Crippen LogP contribution in [-0.2, 0) is 0 Å². The van der Waals surface area contributed by atoms with Crippen LogP contribution in [-0.4, -0.2) is 56.4 Å². The highest BCUT2D eigenvalue weighted by molar-refractivity contribution is 6.13. The highest BCUT2D eigenvalue weighted by Gasteiger charge is 2.26. The van der Waals surface area contributed by atoms with E-state index in [9.17, 15) is 9.18 Å². The van der Waals surface area contributed by atoms with E-state index in [0.717, 1.165) is 24.8 Å². The zero-order valence-electron chi connectivity index (χ0n) is 19.0. The summed E-state index contributed by atoms with van der Waals surface area (Å²) >= 11 is 0. The molecule has 1 aliphatic rings. The lowest BCUT2D eigenvalue weighted by atomic mass is 10.1. The maximum Gasteiger partial charge on any atom is 0.394 e. The van der Waals surface area contributed by atoms with Crippen LogP contribution in [0.4, 0.5) is 21.5 Å². The minimum Gasteiger partial charge on any atom is -0.453 e. The normalized spacial score (nSPS) is 18.8. The van der Waals surface area contributed by atoms with Gasteiger partial charge in [-0.25, -0.2) is 4.39 Å². The van der Waals surface area contributed by atoms with Crippen LogP contribution in [0, 0.1) is 5.82 Å². The van der Waals surface area contributed by atoms with Gasteiger partial charge in [0.15, 0.2) is 5.58 Å². The summed E-state index contributed by atoms with van der Waals surface area (Å²) in [6.07, 6.45) is 1.49. The Labute approximate surface area is 190 Å². The second kappa shape index (κ2) is 9.07. The van der Waals surface area contributed by atoms with Crippen LogP contribution < -0.4 is 26.0 Å². The van der Waals surface area contributed by atoms with E-state index >= 15 is 0 Å². The van der Waals surface area contributed by atoms with Gasteiger partial charge in [-0.1, -0.05) is 0 Å². The standard InChI is InChI=1S/C23H27FN6O3/c1-12-10-30(11-13(2)27-12)18-6-5-16(21-20(18)29-23(32-4)33-21)22(31)28-15-7-14(9-26-3)19(25)17(24)8-15/h5-9,12-13,27H,10-11,25H2,1-4H3,(H,28,31)/t12-,13?/m0/s1. The maximum absolute atomic E-state index is 14.2. The number of aliphatic imine (C=N–C) groups is 1. The number of carbonyl (C=O) groups is 1. The number of hydrogen-bond acceptors (Lipinski definition) is 8. The van der Waals surface area contributed by atoms with Gasteiger partial charge in [-0.2, -0.15) is 4.98 Å². The van der Waals surface area contributed by atoms with Crippen molar-refractivity contribution >= 4 is 40.3 Å². The molecule has 2 atom stereocenters. The van der Waals surface area contributed by atoms with Crippen molar-refractivity contribution in [2.45, 2.75) is 25.9 Å². The number of halogens is 1. The Hall–Kier alpha value is -3.66. The summed E-state index contributed by atoms with van der Waals surface area (Å²) in [6.45, 7) is 5.81. The van der Waals surface area contributed by atoms with E-state index in [2.05, 4.69) is 39.4 Å². The van der Waals surface area contributed by atoms with Crippen molar-refractivity contribution in [3.8, 4) is 6.08 Å². The number of benzene rings is 2. The number of piperazine rings is 1. The molecule has 1 fully saturated rings. The van der Waals surface area contributed by atoms with Crippen molar-refractivity contribution in [3.05, 3.63) is 41.2 Å². The van der Waals surface area contributed by atoms with Gasteiger partial charge in [-0.3, -0.25) is 9.79 Å². The molecule has 0 radical (unpaired) electrons. The number of amides is 1. The summed E-state index contributed by atoms with van der Waals surface area (Å²) in [5, 5.41) is 6.21. The van der Waals surface area contributed by atoms with Crippen LogP contribution in [0.15, 0.2) is 33.7 Å². The average molecular weight is 455 g/mol. The zero-order chi connectivity index (χ0) is 23.7. The molecule has 1 amide bonds. The van der Waals surface area contributed by atoms with E-state index in [4.69, 9.17) is 14.9 Å². The van der Waals surface area contributed by atoms with Gasteiger partial charge >= 0.3 is 6.08 Å². The molecule has 2 heterocycles. The van der Waals surface area contributed by atoms with Gasteiger partial charge in [-0.05, 0) is 38.1 Å². The number of anilines is 3. The quantitative estimate of drug-likeness (QED) is 0.401. The number of methoxy groups -OCH3 is 1. The molecular weight excluding hydrogens is 427 g/mol. The minimum absolute atomic E-state index is 0.0372. The van der Waals surface area contributed by atoms with Crippen molar-refractivity contribution in [1.82, 2.24) is 10.3 Å². The summed E-state index contributed by atoms with van der Waals surface area (Å²) in [7, 11) is 3.01. The highest BCUT2D eigenvalue weighted by Crippen LogP contribution is 2.34. The number of rotatable bonds is 5. The van der Waals surface area contributed by atoms with Crippen molar-refractivity contribution in [1.29, 1.82) is 0 Å². The van der Waals surface area contributed by atoms with Gasteiger partial charge in [0.1, 0.15) is 11.3 Å². The summed E-state index contributed by atoms with van der Waals surface area (Å²) in [4.78, 5) is 23.7. The summed E-state index contributed by atoms with van der Waals surface area (Å²) < 4.78 is 25.2. The van der Waals surface area contributed by atoms with Gasteiger partial charge in [0.2, 0.25) is 0 Å². The van der Waals surface area contributed by atoms with E-state index in [1.165, 1.54) is 13.3 Å². The Morgan fingerprint density at radius 1 is 1.36 bits per heavy atom. The monoisotopic (exact) mass is 454 g/mol. The Bertz CT molecular complexity index is 1210. The molecule has 0 aliphatic carbocycles. The molecule has 9 nitrogen and oxygen atoms in total. The van der Waals surface area contributed by atoms with Crippen molar-refractivity contribution in [2.24, 2.45) is 4.99 Å². The molecule has 174 valence electrons. The number of nitrogens with two attached hydrogens (primary N) is 1. The van der Waals surface area contributed by atoms with Gasteiger partial charge < -0.3 is 30.4 Å². The molecule has 4 N–H and O–H groups in total. The van der Waals surface area contributed by atoms with Gasteiger partial charge in [0.25, 0.3) is 5.91 Å². The second-order valence-electron chi connectivity index (χ2n) is 8.17. The molecular formula is C23H27FN6O3. The third kappa shape index (κ3) is 4.47. The molecule has 1 saturated heterocycles. The first kappa shape index (κ1) is 22.5. The van der Waals surface area contributed by atoms with Crippen LogP contribution >= 0.6 is 0 Å². The summed E-state index contributed by atoms with van der Waals surface area (Å²) in [6, 6.07) is 6.83. The van der Waals surface area contributed by atoms with Crippen LogP contribution in [0.5, 0.6) is 6.08 Å². The molecule has 1 unspecified atom stereocenters. The smallest absolute Gasteiger partial charge is 0.394 e. The molecule has 0 bridgehead atoms. The number of oxazole rings is 1. The van der Waals surface area contributed by atoms with E-state index < -0.39 is 11.7 Å². The molecule has 1 aliphatic heterocycles. The van der Waals surface area contributed by atoms with Crippen molar-refractivity contribution < 1.29 is 18.3 Å². The van der Waals surface area contributed by atoms with Crippen LogP contribution in [0.25, 0.3) is 11.1 Å². The fourth-order valence-corrected chi connectivity index (χ4v) is 4.17. The SMILES string of the molecule is CN=Cc1cc(NC(=O)c2ccc(N3CC(C)N[C@@H](C)C3)c3nc(OC)oc23)cc(F)c1N. The molecule has 3 aromatic rings. The molecule has 0 saturated carbocycles. The fourth-order valence-electron chi connectivity index (χ4n) is 4.17. The maximum atomic E-state index is 14.2. The Morgan fingerprint density at radius 3 is 2.76 bits per heavy atom. The predicted octanol–water partition coefficient (Wildman–Crippen LogP) is 3.05. The average Bonchev–Trinajstić information content (AvgIpc) is 3.20. The number of fused-ring (bicyclic) bond motifs is 1. The topological polar surface area (TPSA) is 118 Å². The third-order valence-electron chi connectivity index (χ3n) is 5.51. The zero-order valence-corrected chi connectivity index (χ0v) is 19.0. The molecule has 1 aromatic heterocycles. The lowest BCUT2D eigenvalue weighted by molar-refractivity contribution is 0.102. The predicted molar refractivity (Wildman–Crippen MR) is 127 cm³/mol. The first-order valence-corrected chi connectivity index (χ1v) is 10.6. The molecule has 2 aromatic carbocycles. The van der Waals surface area contributed by atoms with E-state index in [-0.39, 0.29) is 23.0 Å². The Morgan fingerprint density at radius 2 is 2.09 bits per heavy atom. The number of nitrogens with zero attached hydrogens (tertiary/aromatic N) is 3. The molecule has 33 heavy (non-hydrogen) atoms. The van der Waals surface area contributed by atoms with Crippen molar-refractivity contribution in [2.75, 3.05) is 43.2 Å². The van der Waals surface area contributed by atoms with Gasteiger partial charge in [0, 0.05) is 49.7 Å². The van der Waals surface area contributed by atoms with Gasteiger partial charge in [0.05, 0.1) is 24.0 Å². The summed E-state index contributed by atoms with van der Waals surface area (Å²) in [5.41, 5.74) is 8.27. The molecule has 0 spiro atoms. The number of nitrogen functional groups attached to an aromatic ring is 1. The number of nitrogens with one attached hydrogen (secondary N) is 2. The largest absolute Gasteiger partial charge is 0.453 e. The van der Waals surface area contributed by atoms with E-state index in [0.29, 0.717) is 28.7 Å². The van der Waals surface area contributed by atoms with Crippen LogP contribution in [0.1, 0.15) is 29.8 Å². The Balaban J connectivity index is 1.71. The first-order chi connectivity index (χ1) is 15.8. The third-order valence-corrected chi connectivity index (χ3v) is 5.51. The fraction of sp³-hybridized carbons (Fsp3) is 0.348.